The van der Waals surface area contributed by atoms with E-state index in [9.17, 15) is 13.2 Å². The maximum atomic E-state index is 12.9. The van der Waals surface area contributed by atoms with E-state index in [4.69, 9.17) is 11.6 Å². The third kappa shape index (κ3) is 5.32. The van der Waals surface area contributed by atoms with E-state index < -0.39 is 10.0 Å². The van der Waals surface area contributed by atoms with Crippen molar-refractivity contribution in [2.75, 3.05) is 18.4 Å². The Bertz CT molecular complexity index is 1170. The van der Waals surface area contributed by atoms with Gasteiger partial charge in [0.05, 0.1) is 4.90 Å². The van der Waals surface area contributed by atoms with Gasteiger partial charge in [-0.25, -0.2) is 8.42 Å². The zero-order valence-corrected chi connectivity index (χ0v) is 18.9. The number of carbonyl (C=O) groups excluding carboxylic acids is 1. The van der Waals surface area contributed by atoms with Crippen LogP contribution in [-0.2, 0) is 21.4 Å². The molecule has 1 aliphatic rings. The Morgan fingerprint density at radius 1 is 0.969 bits per heavy atom. The van der Waals surface area contributed by atoms with Crippen molar-refractivity contribution in [1.82, 2.24) is 24.5 Å². The Morgan fingerprint density at radius 2 is 1.62 bits per heavy atom. The maximum absolute atomic E-state index is 12.9. The fraction of sp³-hybridized carbons (Fsp3) is 0.333. The highest BCUT2D eigenvalue weighted by Crippen LogP contribution is 2.22. The van der Waals surface area contributed by atoms with Gasteiger partial charge in [-0.05, 0) is 66.6 Å². The Balaban J connectivity index is 1.37. The molecule has 3 aromatic rings. The molecule has 1 saturated heterocycles. The monoisotopic (exact) mass is 474 g/mol. The number of amides is 1. The van der Waals surface area contributed by atoms with E-state index in [1.807, 2.05) is 0 Å². The van der Waals surface area contributed by atoms with Crippen molar-refractivity contribution < 1.29 is 13.2 Å². The van der Waals surface area contributed by atoms with Crippen molar-refractivity contribution in [2.45, 2.75) is 37.1 Å². The molecule has 0 unspecified atom stereocenters. The van der Waals surface area contributed by atoms with Crippen LogP contribution in [0, 0.1) is 0 Å². The smallest absolute Gasteiger partial charge is 0.248 e. The first-order chi connectivity index (χ1) is 15.4. The molecule has 4 rings (SSSR count). The molecule has 9 nitrogen and oxygen atoms in total. The minimum atomic E-state index is -3.53. The van der Waals surface area contributed by atoms with Gasteiger partial charge in [-0.15, -0.1) is 10.2 Å². The molecule has 0 saturated carbocycles. The fourth-order valence-corrected chi connectivity index (χ4v) is 5.14. The topological polar surface area (TPSA) is 110 Å². The number of halogens is 1. The van der Waals surface area contributed by atoms with Crippen LogP contribution in [0.1, 0.15) is 25.7 Å². The van der Waals surface area contributed by atoms with Gasteiger partial charge >= 0.3 is 0 Å². The summed E-state index contributed by atoms with van der Waals surface area (Å²) in [4.78, 5) is 13.8. The summed E-state index contributed by atoms with van der Waals surface area (Å²) in [5.41, 5.74) is 1.23. The van der Waals surface area contributed by atoms with Crippen molar-refractivity contribution in [1.29, 1.82) is 0 Å². The van der Waals surface area contributed by atoms with Crippen LogP contribution in [0.2, 0.25) is 5.02 Å². The van der Waals surface area contributed by atoms with Crippen LogP contribution in [0.15, 0.2) is 53.4 Å². The minimum absolute atomic E-state index is 0.131. The number of tetrazole rings is 1. The normalized spacial score (nSPS) is 15.3. The fourth-order valence-electron chi connectivity index (χ4n) is 3.50. The van der Waals surface area contributed by atoms with Crippen molar-refractivity contribution in [3.8, 4) is 11.4 Å². The lowest BCUT2D eigenvalue weighted by atomic mass is 10.2. The number of nitrogens with one attached hydrogen (secondary N) is 1. The second kappa shape index (κ2) is 9.76. The van der Waals surface area contributed by atoms with E-state index in [-0.39, 0.29) is 17.3 Å². The summed E-state index contributed by atoms with van der Waals surface area (Å²) in [6.45, 7) is 0.960. The van der Waals surface area contributed by atoms with Gasteiger partial charge in [0.15, 0.2) is 0 Å². The predicted molar refractivity (Wildman–Crippen MR) is 121 cm³/mol. The van der Waals surface area contributed by atoms with Crippen molar-refractivity contribution in [3.05, 3.63) is 53.6 Å². The Labute approximate surface area is 191 Å². The predicted octanol–water partition coefficient (Wildman–Crippen LogP) is 3.20. The molecule has 1 aromatic heterocycles. The summed E-state index contributed by atoms with van der Waals surface area (Å²) >= 11 is 5.88. The largest absolute Gasteiger partial charge is 0.324 e. The highest BCUT2D eigenvalue weighted by molar-refractivity contribution is 7.89. The van der Waals surface area contributed by atoms with E-state index in [1.54, 1.807) is 40.7 Å². The molecule has 11 heteroatoms. The van der Waals surface area contributed by atoms with Crippen LogP contribution < -0.4 is 5.32 Å². The van der Waals surface area contributed by atoms with Crippen LogP contribution in [0.25, 0.3) is 11.4 Å². The molecule has 168 valence electrons. The lowest BCUT2D eigenvalue weighted by Crippen LogP contribution is -2.31. The lowest BCUT2D eigenvalue weighted by molar-refractivity contribution is -0.117. The molecular formula is C21H23ClN6O3S. The standard InChI is InChI=1S/C21H23ClN6O3S/c22-17-7-5-16(6-8-17)21-24-26-28(25-21)15-20(29)23-18-9-11-19(12-10-18)32(30,31)27-13-3-1-2-4-14-27/h5-12H,1-4,13-15H2,(H,23,29). The number of hydrogen-bond donors (Lipinski definition) is 1. The van der Waals surface area contributed by atoms with E-state index >= 15 is 0 Å². The summed E-state index contributed by atoms with van der Waals surface area (Å²) in [5.74, 6) is 0.0331. The molecular weight excluding hydrogens is 452 g/mol. The Morgan fingerprint density at radius 3 is 2.28 bits per heavy atom. The average molecular weight is 475 g/mol. The van der Waals surface area contributed by atoms with E-state index in [1.165, 1.54) is 16.9 Å². The number of aromatic nitrogens is 4. The molecule has 1 fully saturated rings. The highest BCUT2D eigenvalue weighted by Gasteiger charge is 2.25. The molecule has 0 bridgehead atoms. The van der Waals surface area contributed by atoms with Gasteiger partial charge in [-0.1, -0.05) is 24.4 Å². The number of nitrogens with zero attached hydrogens (tertiary/aromatic N) is 5. The van der Waals surface area contributed by atoms with Gasteiger partial charge < -0.3 is 5.32 Å². The van der Waals surface area contributed by atoms with Gasteiger partial charge in [-0.2, -0.15) is 9.10 Å². The molecule has 2 aromatic carbocycles. The number of hydrogen-bond acceptors (Lipinski definition) is 6. The Hall–Kier alpha value is -2.82. The number of sulfonamides is 1. The molecule has 2 heterocycles. The quantitative estimate of drug-likeness (QED) is 0.587. The molecule has 1 amide bonds. The average Bonchev–Trinajstić information content (AvgIpc) is 3.05. The SMILES string of the molecule is O=C(Cn1nnc(-c2ccc(Cl)cc2)n1)Nc1ccc(S(=O)(=O)N2CCCCCC2)cc1. The Kier molecular flexibility index (Phi) is 6.83. The van der Waals surface area contributed by atoms with Crippen molar-refractivity contribution in [2.24, 2.45) is 0 Å². The molecule has 32 heavy (non-hydrogen) atoms. The van der Waals surface area contributed by atoms with Crippen LogP contribution >= 0.6 is 11.6 Å². The first kappa shape index (κ1) is 22.4. The van der Waals surface area contributed by atoms with Crippen LogP contribution in [0.4, 0.5) is 5.69 Å². The van der Waals surface area contributed by atoms with Gasteiger partial charge in [0.25, 0.3) is 0 Å². The van der Waals surface area contributed by atoms with E-state index in [0.717, 1.165) is 31.2 Å². The first-order valence-corrected chi connectivity index (χ1v) is 12.2. The zero-order chi connectivity index (χ0) is 22.6. The van der Waals surface area contributed by atoms with Crippen molar-refractivity contribution in [3.63, 3.8) is 0 Å². The molecule has 0 atom stereocenters. The molecule has 1 aliphatic heterocycles. The minimum Gasteiger partial charge on any atom is -0.324 e. The number of benzene rings is 2. The van der Waals surface area contributed by atoms with Gasteiger partial charge in [0, 0.05) is 29.4 Å². The zero-order valence-electron chi connectivity index (χ0n) is 17.3. The third-order valence-electron chi connectivity index (χ3n) is 5.18. The molecule has 0 radical (unpaired) electrons. The second-order valence-corrected chi connectivity index (χ2v) is 9.92. The number of rotatable bonds is 6. The summed E-state index contributed by atoms with van der Waals surface area (Å²) in [5, 5.41) is 15.4. The van der Waals surface area contributed by atoms with Crippen LogP contribution in [0.3, 0.4) is 0 Å². The summed E-state index contributed by atoms with van der Waals surface area (Å²) in [6.07, 6.45) is 3.87. The van der Waals surface area contributed by atoms with Gasteiger partial charge in [0.1, 0.15) is 6.54 Å². The van der Waals surface area contributed by atoms with Crippen LogP contribution in [0.5, 0.6) is 0 Å². The van der Waals surface area contributed by atoms with E-state index in [0.29, 0.717) is 29.6 Å². The van der Waals surface area contributed by atoms with Gasteiger partial charge in [0.2, 0.25) is 21.8 Å². The third-order valence-corrected chi connectivity index (χ3v) is 7.35. The van der Waals surface area contributed by atoms with Crippen molar-refractivity contribution >= 4 is 33.2 Å². The highest BCUT2D eigenvalue weighted by atomic mass is 35.5. The van der Waals surface area contributed by atoms with Gasteiger partial charge in [-0.3, -0.25) is 4.79 Å². The summed E-state index contributed by atoms with van der Waals surface area (Å²) in [7, 11) is -3.53. The summed E-state index contributed by atoms with van der Waals surface area (Å²) in [6, 6.07) is 13.2. The lowest BCUT2D eigenvalue weighted by Gasteiger charge is -2.20. The summed E-state index contributed by atoms with van der Waals surface area (Å²) < 4.78 is 27.3. The second-order valence-electron chi connectivity index (χ2n) is 7.54. The van der Waals surface area contributed by atoms with Crippen LogP contribution in [-0.4, -0.2) is 51.9 Å². The van der Waals surface area contributed by atoms with E-state index in [2.05, 4.69) is 20.7 Å². The molecule has 1 N–H and O–H groups in total. The number of carbonyl (C=O) groups is 1. The maximum Gasteiger partial charge on any atom is 0.248 e. The first-order valence-electron chi connectivity index (χ1n) is 10.4. The molecule has 0 spiro atoms. The number of anilines is 1. The molecule has 0 aliphatic carbocycles.